The van der Waals surface area contributed by atoms with Gasteiger partial charge < -0.3 is 0 Å². The number of pyridine rings is 2. The lowest BCUT2D eigenvalue weighted by Crippen LogP contribution is -2.15. The molecule has 44 heavy (non-hydrogen) atoms. The number of benzene rings is 2. The molecular formula is C34H27Cl3N6O. The van der Waals surface area contributed by atoms with Gasteiger partial charge >= 0.3 is 0 Å². The molecule has 0 bridgehead atoms. The average Bonchev–Trinajstić information content (AvgIpc) is 3.02. The Bertz CT molecular complexity index is 2010. The van der Waals surface area contributed by atoms with Crippen molar-refractivity contribution in [2.75, 3.05) is 0 Å². The predicted octanol–water partition coefficient (Wildman–Crippen LogP) is 8.90. The third kappa shape index (κ3) is 6.55. The number of rotatable bonds is 4. The van der Waals surface area contributed by atoms with Crippen LogP contribution in [0.1, 0.15) is 22.5 Å². The van der Waals surface area contributed by atoms with Crippen molar-refractivity contribution in [3.63, 3.8) is 0 Å². The van der Waals surface area contributed by atoms with Crippen molar-refractivity contribution >= 4 is 34.8 Å². The SMILES string of the molecule is Cc1cccnc1-c1c(-c2ccc(Cl)cc2)c(C)n[nH]c1=O.Cc1cccnc1-c1c(Cl)nnc(C)c1-c1ccc(Cl)cc1. The Morgan fingerprint density at radius 3 is 1.55 bits per heavy atom. The Morgan fingerprint density at radius 1 is 0.568 bits per heavy atom. The van der Waals surface area contributed by atoms with Crippen LogP contribution in [-0.4, -0.2) is 30.4 Å². The number of nitrogens with one attached hydrogen (secondary N) is 1. The Morgan fingerprint density at radius 2 is 1.05 bits per heavy atom. The van der Waals surface area contributed by atoms with Gasteiger partial charge in [0, 0.05) is 39.1 Å². The van der Waals surface area contributed by atoms with Crippen molar-refractivity contribution in [1.82, 2.24) is 30.4 Å². The van der Waals surface area contributed by atoms with Gasteiger partial charge in [-0.25, -0.2) is 5.10 Å². The van der Waals surface area contributed by atoms with Gasteiger partial charge in [0.1, 0.15) is 0 Å². The van der Waals surface area contributed by atoms with Crippen LogP contribution in [0.25, 0.3) is 44.8 Å². The topological polar surface area (TPSA) is 97.3 Å². The molecule has 0 saturated heterocycles. The molecular weight excluding hydrogens is 615 g/mol. The quantitative estimate of drug-likeness (QED) is 0.206. The van der Waals surface area contributed by atoms with Crippen molar-refractivity contribution in [2.24, 2.45) is 0 Å². The molecule has 0 aliphatic carbocycles. The van der Waals surface area contributed by atoms with Crippen molar-refractivity contribution < 1.29 is 0 Å². The minimum absolute atomic E-state index is 0.252. The second-order valence-electron chi connectivity index (χ2n) is 10.1. The highest BCUT2D eigenvalue weighted by molar-refractivity contribution is 6.33. The zero-order chi connectivity index (χ0) is 31.4. The first-order chi connectivity index (χ1) is 21.2. The Labute approximate surface area is 270 Å². The summed E-state index contributed by atoms with van der Waals surface area (Å²) in [6.45, 7) is 7.71. The maximum absolute atomic E-state index is 12.4. The molecule has 6 rings (SSSR count). The van der Waals surface area contributed by atoms with E-state index in [0.717, 1.165) is 56.0 Å². The van der Waals surface area contributed by atoms with E-state index in [1.165, 1.54) is 0 Å². The molecule has 0 atom stereocenters. The largest absolute Gasteiger partial charge is 0.274 e. The summed E-state index contributed by atoms with van der Waals surface area (Å²) < 4.78 is 0. The van der Waals surface area contributed by atoms with Crippen LogP contribution in [0.2, 0.25) is 15.2 Å². The van der Waals surface area contributed by atoms with E-state index in [9.17, 15) is 4.79 Å². The summed E-state index contributed by atoms with van der Waals surface area (Å²) in [6.07, 6.45) is 3.43. The van der Waals surface area contributed by atoms with Gasteiger partial charge in [-0.15, -0.1) is 5.10 Å². The first kappa shape index (κ1) is 31.0. The highest BCUT2D eigenvalue weighted by atomic mass is 35.5. The Hall–Kier alpha value is -4.43. The fraction of sp³-hybridized carbons (Fsp3) is 0.118. The number of aryl methyl sites for hydroxylation is 4. The number of hydrogen-bond acceptors (Lipinski definition) is 6. The lowest BCUT2D eigenvalue weighted by molar-refractivity contribution is 0.949. The predicted molar refractivity (Wildman–Crippen MR) is 178 cm³/mol. The molecule has 10 heteroatoms. The van der Waals surface area contributed by atoms with Crippen molar-refractivity contribution in [3.8, 4) is 44.8 Å². The van der Waals surface area contributed by atoms with Gasteiger partial charge in [0.05, 0.1) is 28.3 Å². The normalized spacial score (nSPS) is 10.7. The van der Waals surface area contributed by atoms with E-state index in [2.05, 4.69) is 30.4 Å². The average molecular weight is 642 g/mol. The summed E-state index contributed by atoms with van der Waals surface area (Å²) >= 11 is 18.3. The summed E-state index contributed by atoms with van der Waals surface area (Å²) in [4.78, 5) is 21.3. The van der Waals surface area contributed by atoms with Gasteiger partial charge in [0.25, 0.3) is 5.56 Å². The van der Waals surface area contributed by atoms with Crippen molar-refractivity contribution in [3.05, 3.63) is 133 Å². The fourth-order valence-electron chi connectivity index (χ4n) is 4.92. The van der Waals surface area contributed by atoms with Crippen molar-refractivity contribution in [1.29, 1.82) is 0 Å². The van der Waals surface area contributed by atoms with Gasteiger partial charge in [0.2, 0.25) is 0 Å². The summed E-state index contributed by atoms with van der Waals surface area (Å²) in [6, 6.07) is 22.6. The van der Waals surface area contributed by atoms with Gasteiger partial charge in [-0.05, 0) is 86.3 Å². The Kier molecular flexibility index (Phi) is 9.49. The van der Waals surface area contributed by atoms with Crippen LogP contribution in [0.3, 0.4) is 0 Å². The molecule has 220 valence electrons. The number of H-pyrrole nitrogens is 1. The fourth-order valence-corrected chi connectivity index (χ4v) is 5.39. The third-order valence-corrected chi connectivity index (χ3v) is 7.80. The zero-order valence-electron chi connectivity index (χ0n) is 24.4. The molecule has 0 unspecified atom stereocenters. The summed E-state index contributed by atoms with van der Waals surface area (Å²) in [7, 11) is 0. The molecule has 0 aliphatic rings. The molecule has 4 aromatic heterocycles. The minimum Gasteiger partial charge on any atom is -0.267 e. The molecule has 0 aliphatic heterocycles. The minimum atomic E-state index is -0.252. The van der Waals surface area contributed by atoms with Gasteiger partial charge in [0.15, 0.2) is 5.15 Å². The second-order valence-corrected chi connectivity index (χ2v) is 11.3. The highest BCUT2D eigenvalue weighted by Crippen LogP contribution is 2.38. The van der Waals surface area contributed by atoms with Gasteiger partial charge in [-0.1, -0.05) is 71.2 Å². The molecule has 1 N–H and O–H groups in total. The monoisotopic (exact) mass is 640 g/mol. The number of hydrogen-bond donors (Lipinski definition) is 1. The van der Waals surface area contributed by atoms with Crippen LogP contribution >= 0.6 is 34.8 Å². The molecule has 6 aromatic rings. The van der Waals surface area contributed by atoms with E-state index < -0.39 is 0 Å². The number of aromatic nitrogens is 6. The smallest absolute Gasteiger partial charge is 0.267 e. The standard InChI is InChI=1S/C17H13Cl2N3.C17H14ClN3O/c1-10-4-3-9-20-16(10)15-14(11(2)21-22-17(15)19)12-5-7-13(18)8-6-12;1-10-4-3-9-19-16(10)15-14(11(2)20-21-17(15)22)12-5-7-13(18)8-6-12/h3-9H,1-2H3;3-9H,1-2H3,(H,21,22). The molecule has 0 fully saturated rings. The lowest BCUT2D eigenvalue weighted by Gasteiger charge is -2.14. The molecule has 0 amide bonds. The molecule has 2 aromatic carbocycles. The summed E-state index contributed by atoms with van der Waals surface area (Å²) in [5, 5.41) is 16.5. The summed E-state index contributed by atoms with van der Waals surface area (Å²) in [5.41, 5.74) is 9.66. The van der Waals surface area contributed by atoms with Crippen LogP contribution in [0.15, 0.2) is 90.0 Å². The highest BCUT2D eigenvalue weighted by Gasteiger charge is 2.20. The zero-order valence-corrected chi connectivity index (χ0v) is 26.6. The maximum atomic E-state index is 12.4. The van der Waals surface area contributed by atoms with Crippen LogP contribution in [0.5, 0.6) is 0 Å². The van der Waals surface area contributed by atoms with E-state index >= 15 is 0 Å². The van der Waals surface area contributed by atoms with Crippen LogP contribution in [-0.2, 0) is 0 Å². The van der Waals surface area contributed by atoms with Crippen LogP contribution < -0.4 is 5.56 Å². The summed E-state index contributed by atoms with van der Waals surface area (Å²) in [5.74, 6) is 0. The number of halogens is 3. The van der Waals surface area contributed by atoms with E-state index in [4.69, 9.17) is 34.8 Å². The van der Waals surface area contributed by atoms with Crippen LogP contribution in [0, 0.1) is 27.7 Å². The van der Waals surface area contributed by atoms with Gasteiger partial charge in [-0.2, -0.15) is 10.2 Å². The number of aromatic amines is 1. The van der Waals surface area contributed by atoms with Crippen molar-refractivity contribution in [2.45, 2.75) is 27.7 Å². The van der Waals surface area contributed by atoms with E-state index in [1.807, 2.05) is 88.4 Å². The van der Waals surface area contributed by atoms with E-state index in [1.54, 1.807) is 24.5 Å². The molecule has 0 radical (unpaired) electrons. The Balaban J connectivity index is 0.000000175. The number of nitrogens with zero attached hydrogens (tertiary/aromatic N) is 5. The first-order valence-electron chi connectivity index (χ1n) is 13.6. The molecule has 0 saturated carbocycles. The van der Waals surface area contributed by atoms with E-state index in [-0.39, 0.29) is 5.56 Å². The second kappa shape index (κ2) is 13.5. The first-order valence-corrected chi connectivity index (χ1v) is 14.8. The molecule has 7 nitrogen and oxygen atoms in total. The van der Waals surface area contributed by atoms with E-state index in [0.29, 0.717) is 26.5 Å². The maximum Gasteiger partial charge on any atom is 0.274 e. The third-order valence-electron chi connectivity index (χ3n) is 7.03. The lowest BCUT2D eigenvalue weighted by atomic mass is 9.96. The molecule has 4 heterocycles. The molecule has 0 spiro atoms. The van der Waals surface area contributed by atoms with Gasteiger partial charge in [-0.3, -0.25) is 14.8 Å². The van der Waals surface area contributed by atoms with Crippen LogP contribution in [0.4, 0.5) is 0 Å².